The van der Waals surface area contributed by atoms with Crippen LogP contribution in [0.25, 0.3) is 0 Å². The molecule has 1 saturated carbocycles. The number of carbonyl (C=O) groups excluding carboxylic acids is 2. The van der Waals surface area contributed by atoms with Gasteiger partial charge in [-0.2, -0.15) is 0 Å². The van der Waals surface area contributed by atoms with E-state index < -0.39 is 0 Å². The van der Waals surface area contributed by atoms with Crippen molar-refractivity contribution in [3.63, 3.8) is 0 Å². The Bertz CT molecular complexity index is 273. The summed E-state index contributed by atoms with van der Waals surface area (Å²) < 4.78 is 5.50. The Morgan fingerprint density at radius 1 is 1.31 bits per heavy atom. The van der Waals surface area contributed by atoms with Crippen LogP contribution in [0.1, 0.15) is 32.1 Å². The van der Waals surface area contributed by atoms with Gasteiger partial charge in [0.05, 0.1) is 6.42 Å². The Morgan fingerprint density at radius 3 is 2.81 bits per heavy atom. The normalized spacial score (nSPS) is 21.6. The number of hydrogen-bond acceptors (Lipinski definition) is 3. The molecule has 1 amide bonds. The van der Waals surface area contributed by atoms with Crippen molar-refractivity contribution < 1.29 is 14.3 Å². The fraction of sp³-hybridized carbons (Fsp3) is 0.833. The van der Waals surface area contributed by atoms with Crippen LogP contribution in [-0.4, -0.2) is 42.9 Å². The molecule has 2 rings (SSSR count). The summed E-state index contributed by atoms with van der Waals surface area (Å²) in [6.07, 6.45) is 4.13. The third-order valence-electron chi connectivity index (χ3n) is 3.13. The van der Waals surface area contributed by atoms with Crippen molar-refractivity contribution in [1.29, 1.82) is 0 Å². The molecule has 1 heterocycles. The number of amides is 1. The van der Waals surface area contributed by atoms with Crippen molar-refractivity contribution in [2.75, 3.05) is 26.3 Å². The van der Waals surface area contributed by atoms with Crippen LogP contribution >= 0.6 is 0 Å². The van der Waals surface area contributed by atoms with Crippen LogP contribution in [0.2, 0.25) is 0 Å². The molecule has 0 spiro atoms. The Labute approximate surface area is 95.9 Å². The Balaban J connectivity index is 1.54. The van der Waals surface area contributed by atoms with Crippen LogP contribution in [0.5, 0.6) is 0 Å². The fourth-order valence-electron chi connectivity index (χ4n) is 1.88. The first kappa shape index (κ1) is 11.6. The van der Waals surface area contributed by atoms with Crippen molar-refractivity contribution in [3.05, 3.63) is 0 Å². The molecule has 4 heteroatoms. The lowest BCUT2D eigenvalue weighted by Crippen LogP contribution is -2.39. The van der Waals surface area contributed by atoms with E-state index in [0.29, 0.717) is 13.0 Å². The summed E-state index contributed by atoms with van der Waals surface area (Å²) >= 11 is 0. The molecule has 90 valence electrons. The van der Waals surface area contributed by atoms with Gasteiger partial charge in [-0.05, 0) is 25.2 Å². The summed E-state index contributed by atoms with van der Waals surface area (Å²) in [4.78, 5) is 24.2. The van der Waals surface area contributed by atoms with Gasteiger partial charge in [-0.15, -0.1) is 0 Å². The Hall–Kier alpha value is -0.900. The van der Waals surface area contributed by atoms with E-state index in [1.54, 1.807) is 4.90 Å². The van der Waals surface area contributed by atoms with Crippen molar-refractivity contribution in [3.8, 4) is 0 Å². The molecule has 0 N–H and O–H groups in total. The highest BCUT2D eigenvalue weighted by atomic mass is 16.5. The summed E-state index contributed by atoms with van der Waals surface area (Å²) in [6.45, 7) is 2.94. The summed E-state index contributed by atoms with van der Waals surface area (Å²) in [5.74, 6) is 0.860. The highest BCUT2D eigenvalue weighted by Gasteiger charge is 2.23. The van der Waals surface area contributed by atoms with Gasteiger partial charge in [0.15, 0.2) is 0 Å². The molecular formula is C12H19NO3. The number of likely N-dealkylation sites (tertiary alicyclic amines) is 1. The minimum atomic E-state index is -0.0153. The maximum Gasteiger partial charge on any atom is 0.230 e. The first-order valence-corrected chi connectivity index (χ1v) is 6.13. The maximum absolute atomic E-state index is 11.5. The van der Waals surface area contributed by atoms with Crippen molar-refractivity contribution in [2.45, 2.75) is 32.1 Å². The van der Waals surface area contributed by atoms with Gasteiger partial charge in [0.2, 0.25) is 5.91 Å². The standard InChI is InChI=1S/C12H19NO3/c14-11-4-6-13(12(15)8-11)5-1-7-16-9-10-2-3-10/h10H,1-9H2. The third kappa shape index (κ3) is 3.59. The lowest BCUT2D eigenvalue weighted by molar-refractivity contribution is -0.139. The number of hydrogen-bond donors (Lipinski definition) is 0. The largest absolute Gasteiger partial charge is 0.381 e. The molecule has 2 aliphatic rings. The molecule has 0 aromatic heterocycles. The molecule has 0 atom stereocenters. The first-order valence-electron chi connectivity index (χ1n) is 6.13. The number of ketones is 1. The number of ether oxygens (including phenoxy) is 1. The second-order valence-corrected chi connectivity index (χ2v) is 4.72. The van der Waals surface area contributed by atoms with Crippen LogP contribution in [0.4, 0.5) is 0 Å². The number of Topliss-reactive ketones (excluding diaryl/α,β-unsaturated/α-hetero) is 1. The number of nitrogens with zero attached hydrogens (tertiary/aromatic N) is 1. The summed E-state index contributed by atoms with van der Waals surface area (Å²) in [7, 11) is 0. The quantitative estimate of drug-likeness (QED) is 0.500. The van der Waals surface area contributed by atoms with E-state index in [1.165, 1.54) is 12.8 Å². The number of rotatable bonds is 6. The average Bonchev–Trinajstić information content (AvgIpc) is 3.04. The highest BCUT2D eigenvalue weighted by molar-refractivity contribution is 6.00. The molecule has 4 nitrogen and oxygen atoms in total. The predicted octanol–water partition coefficient (Wildman–Crippen LogP) is 0.995. The van der Waals surface area contributed by atoms with Gasteiger partial charge in [0.1, 0.15) is 5.78 Å². The van der Waals surface area contributed by atoms with Crippen molar-refractivity contribution >= 4 is 11.7 Å². The van der Waals surface area contributed by atoms with Crippen molar-refractivity contribution in [2.24, 2.45) is 5.92 Å². The van der Waals surface area contributed by atoms with Crippen LogP contribution in [0.15, 0.2) is 0 Å². The van der Waals surface area contributed by atoms with Crippen LogP contribution in [-0.2, 0) is 14.3 Å². The molecule has 0 bridgehead atoms. The smallest absolute Gasteiger partial charge is 0.230 e. The lowest BCUT2D eigenvalue weighted by atomic mass is 10.1. The van der Waals surface area contributed by atoms with Gasteiger partial charge < -0.3 is 9.64 Å². The minimum Gasteiger partial charge on any atom is -0.381 e. The zero-order chi connectivity index (χ0) is 11.4. The van der Waals surface area contributed by atoms with Crippen molar-refractivity contribution in [1.82, 2.24) is 4.90 Å². The van der Waals surface area contributed by atoms with Gasteiger partial charge in [0, 0.05) is 32.7 Å². The van der Waals surface area contributed by atoms with E-state index in [4.69, 9.17) is 4.74 Å². The monoisotopic (exact) mass is 225 g/mol. The highest BCUT2D eigenvalue weighted by Crippen LogP contribution is 2.28. The molecule has 1 aliphatic heterocycles. The predicted molar refractivity (Wildman–Crippen MR) is 59.0 cm³/mol. The van der Waals surface area contributed by atoms with Gasteiger partial charge in [-0.25, -0.2) is 0 Å². The SMILES string of the molecule is O=C1CCN(CCCOCC2CC2)C(=O)C1. The zero-order valence-corrected chi connectivity index (χ0v) is 9.61. The molecule has 0 unspecified atom stereocenters. The molecule has 0 aromatic rings. The lowest BCUT2D eigenvalue weighted by Gasteiger charge is -2.25. The molecule has 16 heavy (non-hydrogen) atoms. The van der Waals surface area contributed by atoms with Gasteiger partial charge in [-0.3, -0.25) is 9.59 Å². The van der Waals surface area contributed by atoms with E-state index in [2.05, 4.69) is 0 Å². The van der Waals surface area contributed by atoms with Gasteiger partial charge >= 0.3 is 0 Å². The average molecular weight is 225 g/mol. The van der Waals surface area contributed by atoms with E-state index in [9.17, 15) is 9.59 Å². The van der Waals surface area contributed by atoms with E-state index in [-0.39, 0.29) is 18.1 Å². The van der Waals surface area contributed by atoms with Gasteiger partial charge in [0.25, 0.3) is 0 Å². The van der Waals surface area contributed by atoms with Crippen LogP contribution in [0, 0.1) is 5.92 Å². The Kier molecular flexibility index (Phi) is 3.93. The summed E-state index contributed by atoms with van der Waals surface area (Å²) in [5.41, 5.74) is 0. The van der Waals surface area contributed by atoms with Gasteiger partial charge in [-0.1, -0.05) is 0 Å². The molecule has 2 fully saturated rings. The van der Waals surface area contributed by atoms with E-state index in [0.717, 1.165) is 32.1 Å². The number of carbonyl (C=O) groups is 2. The van der Waals surface area contributed by atoms with E-state index in [1.807, 2.05) is 0 Å². The number of piperidine rings is 1. The third-order valence-corrected chi connectivity index (χ3v) is 3.13. The second kappa shape index (κ2) is 5.43. The first-order chi connectivity index (χ1) is 7.75. The molecule has 0 radical (unpaired) electrons. The molecule has 1 aliphatic carbocycles. The topological polar surface area (TPSA) is 46.6 Å². The summed E-state index contributed by atoms with van der Waals surface area (Å²) in [6, 6.07) is 0. The van der Waals surface area contributed by atoms with Crippen LogP contribution < -0.4 is 0 Å². The fourth-order valence-corrected chi connectivity index (χ4v) is 1.88. The minimum absolute atomic E-state index is 0.0153. The van der Waals surface area contributed by atoms with Crippen LogP contribution in [0.3, 0.4) is 0 Å². The molecule has 1 saturated heterocycles. The zero-order valence-electron chi connectivity index (χ0n) is 9.61. The summed E-state index contributed by atoms with van der Waals surface area (Å²) in [5, 5.41) is 0. The van der Waals surface area contributed by atoms with E-state index >= 15 is 0 Å². The molecular weight excluding hydrogens is 206 g/mol. The maximum atomic E-state index is 11.5. The molecule has 0 aromatic carbocycles. The second-order valence-electron chi connectivity index (χ2n) is 4.72. The Morgan fingerprint density at radius 2 is 2.12 bits per heavy atom.